The molecule has 4 aromatic rings. The molecule has 198 valence electrons. The molecular formula is C30H28N4O5. The zero-order valence-corrected chi connectivity index (χ0v) is 21.9. The molecule has 39 heavy (non-hydrogen) atoms. The normalized spacial score (nSPS) is 18.1. The summed E-state index contributed by atoms with van der Waals surface area (Å²) in [4.78, 5) is 18.3. The van der Waals surface area contributed by atoms with E-state index in [2.05, 4.69) is 15.4 Å². The molecule has 0 radical (unpaired) electrons. The fraction of sp³-hybridized carbons (Fsp3) is 0.233. The second-order valence-electron chi connectivity index (χ2n) is 9.42. The van der Waals surface area contributed by atoms with Gasteiger partial charge in [0.15, 0.2) is 17.3 Å². The van der Waals surface area contributed by atoms with Gasteiger partial charge in [-0.2, -0.15) is 10.1 Å². The quantitative estimate of drug-likeness (QED) is 0.338. The molecule has 2 atom stereocenters. The van der Waals surface area contributed by atoms with E-state index in [9.17, 15) is 4.79 Å². The molecule has 0 saturated carbocycles. The van der Waals surface area contributed by atoms with Gasteiger partial charge in [0.2, 0.25) is 11.7 Å². The summed E-state index contributed by atoms with van der Waals surface area (Å²) >= 11 is 0. The minimum atomic E-state index is -0.425. The number of hydrogen-bond donors (Lipinski definition) is 1. The molecule has 3 aromatic carbocycles. The van der Waals surface area contributed by atoms with Gasteiger partial charge in [-0.25, -0.2) is 4.68 Å². The number of para-hydroxylation sites is 1. The van der Waals surface area contributed by atoms with Crippen LogP contribution in [0, 0.1) is 0 Å². The van der Waals surface area contributed by atoms with Crippen molar-refractivity contribution in [3.8, 4) is 28.7 Å². The Labute approximate surface area is 226 Å². The number of benzene rings is 3. The molecule has 2 aliphatic rings. The molecule has 0 saturated heterocycles. The van der Waals surface area contributed by atoms with Crippen molar-refractivity contribution in [3.05, 3.63) is 95.5 Å². The fourth-order valence-corrected chi connectivity index (χ4v) is 5.41. The summed E-state index contributed by atoms with van der Waals surface area (Å²) < 4.78 is 24.4. The number of Topliss-reactive ketones (excluding diaryl/α,β-unsaturated/α-hetero) is 1. The van der Waals surface area contributed by atoms with Crippen LogP contribution in [-0.4, -0.2) is 41.9 Å². The Kier molecular flexibility index (Phi) is 6.40. The van der Waals surface area contributed by atoms with E-state index in [-0.39, 0.29) is 11.7 Å². The predicted octanol–water partition coefficient (Wildman–Crippen LogP) is 5.51. The van der Waals surface area contributed by atoms with E-state index in [1.54, 1.807) is 26.0 Å². The lowest BCUT2D eigenvalue weighted by Gasteiger charge is -2.35. The molecular weight excluding hydrogens is 496 g/mol. The monoisotopic (exact) mass is 524 g/mol. The van der Waals surface area contributed by atoms with E-state index in [0.717, 1.165) is 22.6 Å². The van der Waals surface area contributed by atoms with E-state index in [0.29, 0.717) is 47.4 Å². The van der Waals surface area contributed by atoms with Gasteiger partial charge in [0.05, 0.1) is 21.3 Å². The van der Waals surface area contributed by atoms with Crippen molar-refractivity contribution < 1.29 is 23.7 Å². The van der Waals surface area contributed by atoms with Gasteiger partial charge in [0.1, 0.15) is 23.9 Å². The van der Waals surface area contributed by atoms with Crippen LogP contribution >= 0.6 is 0 Å². The number of aromatic nitrogens is 3. The van der Waals surface area contributed by atoms with Gasteiger partial charge in [-0.3, -0.25) is 4.79 Å². The largest absolute Gasteiger partial charge is 0.493 e. The second-order valence-corrected chi connectivity index (χ2v) is 9.42. The number of allylic oxidation sites excluding steroid dienone is 2. The minimum absolute atomic E-state index is 0.0445. The number of hydrogen-bond acceptors (Lipinski definition) is 8. The van der Waals surface area contributed by atoms with Crippen LogP contribution in [0.2, 0.25) is 0 Å². The number of ketones is 1. The molecule has 1 aromatic heterocycles. The molecule has 1 aliphatic heterocycles. The minimum Gasteiger partial charge on any atom is -0.493 e. The fourth-order valence-electron chi connectivity index (χ4n) is 5.41. The number of rotatable bonds is 7. The molecule has 9 heteroatoms. The molecule has 0 amide bonds. The number of ether oxygens (including phenoxy) is 4. The number of methoxy groups -OCH3 is 3. The van der Waals surface area contributed by atoms with Gasteiger partial charge < -0.3 is 24.3 Å². The first-order valence-corrected chi connectivity index (χ1v) is 12.6. The summed E-state index contributed by atoms with van der Waals surface area (Å²) in [5.74, 6) is 3.61. The van der Waals surface area contributed by atoms with Gasteiger partial charge >= 0.3 is 0 Å². The molecule has 0 bridgehead atoms. The lowest BCUT2D eigenvalue weighted by molar-refractivity contribution is -0.116. The number of carbonyl (C=O) groups excluding carboxylic acids is 1. The highest BCUT2D eigenvalue weighted by Gasteiger charge is 2.39. The van der Waals surface area contributed by atoms with E-state index in [4.69, 9.17) is 18.9 Å². The summed E-state index contributed by atoms with van der Waals surface area (Å²) in [6, 6.07) is 20.8. The van der Waals surface area contributed by atoms with Gasteiger partial charge in [-0.15, -0.1) is 0 Å². The summed E-state index contributed by atoms with van der Waals surface area (Å²) in [6.45, 7) is 0. The van der Waals surface area contributed by atoms with Crippen LogP contribution in [0.15, 0.2) is 84.3 Å². The van der Waals surface area contributed by atoms with E-state index in [1.807, 2.05) is 66.7 Å². The number of fused-ring (bicyclic) bond motifs is 1. The van der Waals surface area contributed by atoms with Gasteiger partial charge in [-0.05, 0) is 59.9 Å². The number of carbonyl (C=O) groups is 1. The van der Waals surface area contributed by atoms with Crippen LogP contribution < -0.4 is 24.3 Å². The lowest BCUT2D eigenvalue weighted by atomic mass is 9.77. The SMILES string of the molecule is COc1cc([C@H]2CC(=O)C3=C(C2)Nc2ncnn2[C@H]3c2cccc(Oc3ccccc3)c2)cc(OC)c1OC. The molecule has 0 unspecified atom stereocenters. The Morgan fingerprint density at radius 2 is 1.59 bits per heavy atom. The molecule has 9 nitrogen and oxygen atoms in total. The van der Waals surface area contributed by atoms with Crippen LogP contribution in [0.25, 0.3) is 0 Å². The van der Waals surface area contributed by atoms with Crippen molar-refractivity contribution in [2.75, 3.05) is 26.6 Å². The van der Waals surface area contributed by atoms with Crippen molar-refractivity contribution in [1.29, 1.82) is 0 Å². The van der Waals surface area contributed by atoms with Crippen LogP contribution in [0.4, 0.5) is 5.95 Å². The Balaban J connectivity index is 1.38. The van der Waals surface area contributed by atoms with E-state index < -0.39 is 6.04 Å². The van der Waals surface area contributed by atoms with Crippen molar-refractivity contribution in [3.63, 3.8) is 0 Å². The summed E-state index contributed by atoms with van der Waals surface area (Å²) in [5, 5.41) is 7.84. The van der Waals surface area contributed by atoms with Gasteiger partial charge in [0.25, 0.3) is 0 Å². The maximum Gasteiger partial charge on any atom is 0.226 e. The maximum absolute atomic E-state index is 13.9. The standard InChI is InChI=1S/C30H28N4O5/c1-36-25-15-20(16-26(37-2)29(25)38-3)19-13-23-27(24(35)14-19)28(34-30(33-23)31-17-32-34)18-8-7-11-22(12-18)39-21-9-5-4-6-10-21/h4-12,15-17,19,28H,13-14H2,1-3H3,(H,31,32,33)/t19-,28+/m1/s1. The summed E-state index contributed by atoms with van der Waals surface area (Å²) in [6.07, 6.45) is 2.45. The molecule has 0 spiro atoms. The third-order valence-electron chi connectivity index (χ3n) is 7.17. The zero-order chi connectivity index (χ0) is 26.9. The Hall–Kier alpha value is -4.79. The van der Waals surface area contributed by atoms with E-state index >= 15 is 0 Å². The summed E-state index contributed by atoms with van der Waals surface area (Å²) in [7, 11) is 4.75. The highest BCUT2D eigenvalue weighted by molar-refractivity contribution is 6.00. The van der Waals surface area contributed by atoms with Gasteiger partial charge in [0, 0.05) is 17.7 Å². The summed E-state index contributed by atoms with van der Waals surface area (Å²) in [5.41, 5.74) is 3.36. The molecule has 1 aliphatic carbocycles. The van der Waals surface area contributed by atoms with Crippen LogP contribution in [0.3, 0.4) is 0 Å². The first-order valence-electron chi connectivity index (χ1n) is 12.6. The third-order valence-corrected chi connectivity index (χ3v) is 7.17. The molecule has 0 fully saturated rings. The van der Waals surface area contributed by atoms with Crippen molar-refractivity contribution in [1.82, 2.24) is 14.8 Å². The number of anilines is 1. The Morgan fingerprint density at radius 3 is 2.31 bits per heavy atom. The first-order chi connectivity index (χ1) is 19.1. The smallest absolute Gasteiger partial charge is 0.226 e. The van der Waals surface area contributed by atoms with Crippen LogP contribution in [0.5, 0.6) is 28.7 Å². The Bertz CT molecular complexity index is 1540. The van der Waals surface area contributed by atoms with Crippen LogP contribution in [0.1, 0.15) is 35.9 Å². The van der Waals surface area contributed by atoms with E-state index in [1.165, 1.54) is 6.33 Å². The molecule has 1 N–H and O–H groups in total. The number of nitrogens with one attached hydrogen (secondary N) is 1. The lowest BCUT2D eigenvalue weighted by Crippen LogP contribution is -2.33. The average Bonchev–Trinajstić information content (AvgIpc) is 3.44. The van der Waals surface area contributed by atoms with Crippen LogP contribution in [-0.2, 0) is 4.79 Å². The highest BCUT2D eigenvalue weighted by Crippen LogP contribution is 2.47. The predicted molar refractivity (Wildman–Crippen MR) is 145 cm³/mol. The highest BCUT2D eigenvalue weighted by atomic mass is 16.5. The van der Waals surface area contributed by atoms with Crippen molar-refractivity contribution in [2.24, 2.45) is 0 Å². The molecule has 6 rings (SSSR count). The third kappa shape index (κ3) is 4.46. The number of nitrogens with zero attached hydrogens (tertiary/aromatic N) is 3. The maximum atomic E-state index is 13.9. The second kappa shape index (κ2) is 10.2. The first kappa shape index (κ1) is 24.5. The topological polar surface area (TPSA) is 96.7 Å². The van der Waals surface area contributed by atoms with Crippen molar-refractivity contribution in [2.45, 2.75) is 24.8 Å². The Morgan fingerprint density at radius 1 is 0.846 bits per heavy atom. The average molecular weight is 525 g/mol. The van der Waals surface area contributed by atoms with Crippen molar-refractivity contribution >= 4 is 11.7 Å². The molecule has 2 heterocycles. The van der Waals surface area contributed by atoms with Gasteiger partial charge in [-0.1, -0.05) is 30.3 Å². The zero-order valence-electron chi connectivity index (χ0n) is 21.9.